The summed E-state index contributed by atoms with van der Waals surface area (Å²) in [5, 5.41) is -0.379. The number of amides is 7. The van der Waals surface area contributed by atoms with E-state index in [1.807, 2.05) is 74.5 Å². The molecule has 3 spiro atoms. The van der Waals surface area contributed by atoms with Gasteiger partial charge in [0.15, 0.2) is 5.78 Å². The summed E-state index contributed by atoms with van der Waals surface area (Å²) >= 11 is 5.79. The van der Waals surface area contributed by atoms with E-state index in [0.29, 0.717) is 64.8 Å². The number of rotatable bonds is 19. The number of carbonyl (C=O) groups excluding carboxylic acids is 8. The minimum absolute atomic E-state index is 0.0316. The van der Waals surface area contributed by atoms with E-state index in [-0.39, 0.29) is 69.1 Å². The third kappa shape index (κ3) is 36.4. The standard InChI is InChI=1S/C17H29N3O2.C15H27N3O.C12H21ClN2O.C12H22N2O.C12H21NO.C11H20N2O.C11H18N2O.C10H18N2O/c1-16(2,3)20-13-17(14-20)11-19(12-17)15(21)5-4-6-18-7-9-22-10-8-18;1-14(2,3)18-11-15(12-18)9-17(10-15)13(19)7-6-8-16(4)5;1-9(13)10(16)14-5-12(6-14)7-15(8-12)11(2,3)4;1-5-12(15)13(4)11-6-8-14(9-7-11)10(2)3;1-4-12(14)8-11-6-5-7-13(9-11)10(2)3;2*1-4-5-11(14)13-8-6-12(7-9-13)10(2)3;1-4-10(13)12-7-5-11(6-8-12)9(2)3/h4-5H,6-14H2,1-3H3;6-7H,8-12H2,1-5H3;9H,5-8H2,1-4H3;5,10-11H,1,6-9H2,2-4H3;4,10-11H,1,5-9H2,2-3H3;4-5,10H,6-9H2,1-3H3;10H,6-9H2,1-3H3;4,9H,1,5-8H2,2-3H3/b5-4+;7-6+;;;;5-4+;;/t;;9-;;;;;/m..1...../s1. The van der Waals surface area contributed by atoms with Crippen molar-refractivity contribution in [2.45, 2.75) is 243 Å². The maximum Gasteiger partial charge on any atom is 0.298 e. The Labute approximate surface area is 775 Å². The van der Waals surface area contributed by atoms with Crippen molar-refractivity contribution in [3.05, 3.63) is 74.4 Å². The zero-order chi connectivity index (χ0) is 95.1. The molecular weight excluding hydrogens is 1620 g/mol. The molecule has 12 aliphatic heterocycles. The number of piperazine rings is 3. The number of allylic oxidation sites excluding steroid dienone is 2. The summed E-state index contributed by atoms with van der Waals surface area (Å²) in [5.41, 5.74) is 1.96. The molecule has 12 fully saturated rings. The maximum atomic E-state index is 12.2. The van der Waals surface area contributed by atoms with Crippen LogP contribution < -0.4 is 0 Å². The molecule has 0 aromatic heterocycles. The lowest BCUT2D eigenvalue weighted by Gasteiger charge is -2.63. The van der Waals surface area contributed by atoms with Crippen LogP contribution in [0.4, 0.5) is 0 Å². The van der Waals surface area contributed by atoms with Crippen LogP contribution in [0.25, 0.3) is 0 Å². The molecule has 12 rings (SSSR count). The van der Waals surface area contributed by atoms with E-state index < -0.39 is 0 Å². The van der Waals surface area contributed by atoms with Gasteiger partial charge < -0.3 is 53.7 Å². The van der Waals surface area contributed by atoms with Crippen molar-refractivity contribution in [2.24, 2.45) is 22.2 Å². The number of halogens is 1. The summed E-state index contributed by atoms with van der Waals surface area (Å²) in [6.07, 6.45) is 20.4. The highest BCUT2D eigenvalue weighted by atomic mass is 35.5. The van der Waals surface area contributed by atoms with Gasteiger partial charge in [0, 0.05) is 298 Å². The van der Waals surface area contributed by atoms with Crippen LogP contribution in [0.1, 0.15) is 184 Å². The van der Waals surface area contributed by atoms with Crippen LogP contribution in [-0.2, 0) is 43.1 Å². The van der Waals surface area contributed by atoms with Gasteiger partial charge in [-0.3, -0.25) is 72.7 Å². The van der Waals surface area contributed by atoms with Gasteiger partial charge in [-0.25, -0.2) is 0 Å². The monoisotopic (exact) mass is 1790 g/mol. The Hall–Kier alpha value is -6.19. The molecule has 26 nitrogen and oxygen atoms in total. The molecule has 12 heterocycles. The second kappa shape index (κ2) is 52.3. The number of piperidine rings is 2. The third-order valence-electron chi connectivity index (χ3n) is 27.0. The average Bonchev–Trinajstić information content (AvgIpc) is 0.738. The molecule has 12 saturated heterocycles. The zero-order valence-corrected chi connectivity index (χ0v) is 84.9. The van der Waals surface area contributed by atoms with Crippen LogP contribution in [0.3, 0.4) is 0 Å². The minimum Gasteiger partial charge on any atom is -0.379 e. The van der Waals surface area contributed by atoms with Crippen LogP contribution >= 0.6 is 11.6 Å². The zero-order valence-electron chi connectivity index (χ0n) is 84.2. The van der Waals surface area contributed by atoms with Crippen molar-refractivity contribution in [2.75, 3.05) is 244 Å². The smallest absolute Gasteiger partial charge is 0.298 e. The molecule has 722 valence electrons. The highest BCUT2D eigenvalue weighted by Gasteiger charge is 2.57. The molecule has 2 atom stereocenters. The lowest BCUT2D eigenvalue weighted by molar-refractivity contribution is -0.168. The Morgan fingerprint density at radius 3 is 1.18 bits per heavy atom. The SMILES string of the molecule is C/C=C/C(=O)N1CCN(C(C)C)CC1.C=CC(=O)CC1CCCN(C(C)C)C1.C=CC(=O)N(C)C1CCN(C(C)C)CC1.C=CC(=O)N1CCN(C(C)C)CC1.CC#CC(=O)N1CCN(C(C)C)CC1.CC(C)(C)N1CC2(CN(C(=O)/C=C/CN3CCOCC3)C2)C1.CN(C)C/C=C/C(=O)N1CC2(C1)CN(C(C)(C)C)C2.C[C@@H](Cl)C(=O)N1CC2(C1)CN(C(C)(C)C)C2. The molecule has 0 aromatic rings. The Bertz CT molecular complexity index is 3580. The van der Waals surface area contributed by atoms with E-state index in [1.54, 1.807) is 38.2 Å². The second-order valence-electron chi connectivity index (χ2n) is 42.2. The molecule has 12 aliphatic rings. The third-order valence-corrected chi connectivity index (χ3v) is 27.1. The molecule has 1 unspecified atom stereocenters. The van der Waals surface area contributed by atoms with Gasteiger partial charge in [0.2, 0.25) is 35.4 Å². The first-order valence-corrected chi connectivity index (χ1v) is 48.2. The molecule has 127 heavy (non-hydrogen) atoms. The highest BCUT2D eigenvalue weighted by molar-refractivity contribution is 6.30. The Balaban J connectivity index is 0.000000259. The number of ether oxygens (including phenoxy) is 1. The van der Waals surface area contributed by atoms with Crippen LogP contribution in [0.15, 0.2) is 74.4 Å². The molecule has 0 aliphatic carbocycles. The first kappa shape index (κ1) is 111. The van der Waals surface area contributed by atoms with Crippen molar-refractivity contribution in [1.29, 1.82) is 0 Å². The molecule has 7 amide bonds. The lowest BCUT2D eigenvalue weighted by Crippen LogP contribution is -2.75. The number of likely N-dealkylation sites (N-methyl/N-ethyl adjacent to an activating group) is 2. The average molecular weight is 1800 g/mol. The molecule has 0 saturated carbocycles. The first-order chi connectivity index (χ1) is 59.5. The van der Waals surface area contributed by atoms with Gasteiger partial charge in [-0.1, -0.05) is 43.9 Å². The Kier molecular flexibility index (Phi) is 45.9. The molecular formula is C100H176ClN17O9. The summed E-state index contributed by atoms with van der Waals surface area (Å²) in [6, 6.07) is 3.37. The van der Waals surface area contributed by atoms with E-state index >= 15 is 0 Å². The Morgan fingerprint density at radius 2 is 0.827 bits per heavy atom. The predicted molar refractivity (Wildman–Crippen MR) is 521 cm³/mol. The van der Waals surface area contributed by atoms with Gasteiger partial charge in [0.25, 0.3) is 5.91 Å². The number of nitrogens with zero attached hydrogens (tertiary/aromatic N) is 17. The number of alkyl halides is 1. The van der Waals surface area contributed by atoms with Gasteiger partial charge in [-0.05, 0) is 235 Å². The van der Waals surface area contributed by atoms with Crippen molar-refractivity contribution in [3.8, 4) is 11.8 Å². The number of hydrogen-bond donors (Lipinski definition) is 0. The summed E-state index contributed by atoms with van der Waals surface area (Å²) in [7, 11) is 5.88. The lowest BCUT2D eigenvalue weighted by atomic mass is 9.71. The number of morpholine rings is 1. The normalized spacial score (nSPS) is 22.3. The largest absolute Gasteiger partial charge is 0.379 e. The molecule has 0 N–H and O–H groups in total. The molecule has 27 heteroatoms. The fraction of sp³-hybridized carbons (Fsp3) is 0.780. The number of hydrogen-bond acceptors (Lipinski definition) is 19. The molecule has 0 bridgehead atoms. The summed E-state index contributed by atoms with van der Waals surface area (Å²) < 4.78 is 5.32. The van der Waals surface area contributed by atoms with E-state index in [9.17, 15) is 38.4 Å². The summed E-state index contributed by atoms with van der Waals surface area (Å²) in [6.45, 7) is 91.0. The fourth-order valence-corrected chi connectivity index (χ4v) is 18.3. The van der Waals surface area contributed by atoms with Crippen LogP contribution in [0, 0.1) is 34.0 Å². The van der Waals surface area contributed by atoms with E-state index in [2.05, 4.69) is 212 Å². The van der Waals surface area contributed by atoms with Crippen molar-refractivity contribution >= 4 is 58.7 Å². The summed E-state index contributed by atoms with van der Waals surface area (Å²) in [4.78, 5) is 130. The van der Waals surface area contributed by atoms with E-state index in [1.165, 1.54) is 37.6 Å². The maximum absolute atomic E-state index is 12.2. The quantitative estimate of drug-likeness (QED) is 0.0671. The molecule has 0 radical (unpaired) electrons. The van der Waals surface area contributed by atoms with Crippen LogP contribution in [-0.4, -0.2) is 432 Å². The number of ketones is 1. The summed E-state index contributed by atoms with van der Waals surface area (Å²) in [5.74, 6) is 6.61. The van der Waals surface area contributed by atoms with E-state index in [4.69, 9.17) is 16.3 Å². The minimum atomic E-state index is -0.379. The number of likely N-dealkylation sites (tertiary alicyclic amines) is 8. The van der Waals surface area contributed by atoms with Gasteiger partial charge in [0.1, 0.15) is 5.38 Å². The van der Waals surface area contributed by atoms with Crippen molar-refractivity contribution in [1.82, 2.24) is 83.3 Å². The predicted octanol–water partition coefficient (Wildman–Crippen LogP) is 9.58. The first-order valence-electron chi connectivity index (χ1n) is 47.8. The van der Waals surface area contributed by atoms with Crippen molar-refractivity contribution < 1.29 is 43.1 Å². The van der Waals surface area contributed by atoms with Gasteiger partial charge in [-0.15, -0.1) is 11.6 Å². The van der Waals surface area contributed by atoms with Gasteiger partial charge in [0.05, 0.1) is 13.2 Å². The van der Waals surface area contributed by atoms with Gasteiger partial charge in [-0.2, -0.15) is 0 Å². The van der Waals surface area contributed by atoms with Crippen LogP contribution in [0.2, 0.25) is 0 Å². The van der Waals surface area contributed by atoms with Crippen LogP contribution in [0.5, 0.6) is 0 Å². The van der Waals surface area contributed by atoms with Gasteiger partial charge >= 0.3 is 0 Å². The molecule has 0 aromatic carbocycles. The highest BCUT2D eigenvalue weighted by Crippen LogP contribution is 2.45. The Morgan fingerprint density at radius 1 is 0.449 bits per heavy atom. The topological polar surface area (TPSA) is 201 Å². The second-order valence-corrected chi connectivity index (χ2v) is 42.8. The number of carbonyl (C=O) groups is 8. The van der Waals surface area contributed by atoms with Crippen molar-refractivity contribution in [3.63, 3.8) is 0 Å². The van der Waals surface area contributed by atoms with E-state index in [0.717, 1.165) is 229 Å². The fourth-order valence-electron chi connectivity index (χ4n) is 18.1.